The number of anilines is 2. The second-order valence-electron chi connectivity index (χ2n) is 5.34. The van der Waals surface area contributed by atoms with Gasteiger partial charge in [-0.1, -0.05) is 36.4 Å². The summed E-state index contributed by atoms with van der Waals surface area (Å²) in [4.78, 5) is 14.1. The van der Waals surface area contributed by atoms with E-state index in [0.29, 0.717) is 0 Å². The number of amides is 1. The van der Waals surface area contributed by atoms with Gasteiger partial charge in [0.2, 0.25) is 5.91 Å². The lowest BCUT2D eigenvalue weighted by Crippen LogP contribution is -2.26. The van der Waals surface area contributed by atoms with Gasteiger partial charge >= 0.3 is 0 Å². The van der Waals surface area contributed by atoms with Gasteiger partial charge in [0.25, 0.3) is 0 Å². The molecule has 0 bridgehead atoms. The Morgan fingerprint density at radius 3 is 1.30 bits per heavy atom. The van der Waals surface area contributed by atoms with Crippen molar-refractivity contribution in [3.63, 3.8) is 0 Å². The Bertz CT molecular complexity index is 566. The van der Waals surface area contributed by atoms with Crippen LogP contribution in [0.4, 0.5) is 11.4 Å². The Labute approximate surface area is 121 Å². The van der Waals surface area contributed by atoms with Crippen molar-refractivity contribution in [1.29, 1.82) is 0 Å². The molecule has 0 saturated carbocycles. The molecule has 20 heavy (non-hydrogen) atoms. The quantitative estimate of drug-likeness (QED) is 0.778. The molecule has 2 heteroatoms. The molecule has 0 aliphatic carbocycles. The molecule has 0 radical (unpaired) electrons. The average molecular weight is 267 g/mol. The average Bonchev–Trinajstić information content (AvgIpc) is 2.35. The third kappa shape index (κ3) is 2.46. The first kappa shape index (κ1) is 14.3. The summed E-state index contributed by atoms with van der Waals surface area (Å²) in [6.07, 6.45) is 0. The third-order valence-electron chi connectivity index (χ3n) is 3.64. The molecule has 2 nitrogen and oxygen atoms in total. The molecule has 0 fully saturated rings. The van der Waals surface area contributed by atoms with Crippen LogP contribution >= 0.6 is 0 Å². The molecule has 2 rings (SSSR count). The molecule has 0 aliphatic rings. The fourth-order valence-corrected chi connectivity index (χ4v) is 2.74. The summed E-state index contributed by atoms with van der Waals surface area (Å²) >= 11 is 0. The molecule has 0 spiro atoms. The molecule has 0 aliphatic heterocycles. The zero-order chi connectivity index (χ0) is 14.9. The number of hydrogen-bond acceptors (Lipinski definition) is 1. The van der Waals surface area contributed by atoms with Crippen LogP contribution in [0, 0.1) is 27.7 Å². The van der Waals surface area contributed by atoms with E-state index in [1.165, 1.54) is 0 Å². The zero-order valence-corrected chi connectivity index (χ0v) is 12.8. The van der Waals surface area contributed by atoms with Gasteiger partial charge in [0, 0.05) is 6.92 Å². The Morgan fingerprint density at radius 2 is 1.05 bits per heavy atom. The van der Waals surface area contributed by atoms with E-state index >= 15 is 0 Å². The van der Waals surface area contributed by atoms with Crippen molar-refractivity contribution in [2.45, 2.75) is 34.6 Å². The summed E-state index contributed by atoms with van der Waals surface area (Å²) in [5, 5.41) is 0. The van der Waals surface area contributed by atoms with Gasteiger partial charge in [0.15, 0.2) is 0 Å². The van der Waals surface area contributed by atoms with Gasteiger partial charge in [-0.05, 0) is 49.9 Å². The largest absolute Gasteiger partial charge is 0.280 e. The van der Waals surface area contributed by atoms with Gasteiger partial charge < -0.3 is 0 Å². The summed E-state index contributed by atoms with van der Waals surface area (Å²) < 4.78 is 0. The first-order valence-electron chi connectivity index (χ1n) is 6.86. The molecule has 0 N–H and O–H groups in total. The van der Waals surface area contributed by atoms with Crippen molar-refractivity contribution in [1.82, 2.24) is 0 Å². The van der Waals surface area contributed by atoms with Crippen LogP contribution in [-0.4, -0.2) is 5.91 Å². The van der Waals surface area contributed by atoms with Gasteiger partial charge in [-0.2, -0.15) is 0 Å². The van der Waals surface area contributed by atoms with E-state index in [1.807, 2.05) is 69.0 Å². The van der Waals surface area contributed by atoms with Crippen LogP contribution < -0.4 is 4.90 Å². The van der Waals surface area contributed by atoms with Gasteiger partial charge in [-0.3, -0.25) is 9.69 Å². The number of para-hydroxylation sites is 2. The molecule has 0 atom stereocenters. The van der Waals surface area contributed by atoms with Crippen molar-refractivity contribution < 1.29 is 4.79 Å². The predicted molar refractivity (Wildman–Crippen MR) is 84.7 cm³/mol. The van der Waals surface area contributed by atoms with Crippen LogP contribution in [0.5, 0.6) is 0 Å². The molecule has 1 amide bonds. The molecule has 2 aromatic carbocycles. The summed E-state index contributed by atoms with van der Waals surface area (Å²) in [5.74, 6) is 0.0415. The van der Waals surface area contributed by atoms with Crippen molar-refractivity contribution in [3.05, 3.63) is 58.7 Å². The van der Waals surface area contributed by atoms with Gasteiger partial charge in [0.1, 0.15) is 0 Å². The molecule has 0 saturated heterocycles. The number of nitrogens with zero attached hydrogens (tertiary/aromatic N) is 1. The highest BCUT2D eigenvalue weighted by molar-refractivity contribution is 6.01. The van der Waals surface area contributed by atoms with Gasteiger partial charge in [-0.25, -0.2) is 0 Å². The Hall–Kier alpha value is -2.09. The maximum Gasteiger partial charge on any atom is 0.228 e. The number of aryl methyl sites for hydroxylation is 4. The van der Waals surface area contributed by atoms with Crippen LogP contribution in [0.3, 0.4) is 0 Å². The first-order chi connectivity index (χ1) is 9.43. The predicted octanol–water partition coefficient (Wildman–Crippen LogP) is 4.60. The van der Waals surface area contributed by atoms with E-state index in [4.69, 9.17) is 0 Å². The van der Waals surface area contributed by atoms with Crippen molar-refractivity contribution in [3.8, 4) is 0 Å². The standard InChI is InChI=1S/C18H21NO/c1-12-8-6-9-13(2)17(12)19(16(5)20)18-14(3)10-7-11-15(18)4/h6-11H,1-5H3. The first-order valence-corrected chi connectivity index (χ1v) is 6.86. The number of rotatable bonds is 2. The molecular formula is C18H21NO. The van der Waals surface area contributed by atoms with E-state index in [1.54, 1.807) is 6.92 Å². The highest BCUT2D eigenvalue weighted by Crippen LogP contribution is 2.35. The van der Waals surface area contributed by atoms with Crippen LogP contribution in [0.25, 0.3) is 0 Å². The van der Waals surface area contributed by atoms with Gasteiger partial charge in [0.05, 0.1) is 11.4 Å². The van der Waals surface area contributed by atoms with Crippen LogP contribution in [0.1, 0.15) is 29.2 Å². The number of benzene rings is 2. The monoisotopic (exact) mass is 267 g/mol. The molecule has 2 aromatic rings. The van der Waals surface area contributed by atoms with E-state index in [-0.39, 0.29) is 5.91 Å². The Balaban J connectivity index is 2.73. The summed E-state index contributed by atoms with van der Waals surface area (Å²) in [6.45, 7) is 9.81. The minimum Gasteiger partial charge on any atom is -0.280 e. The second-order valence-corrected chi connectivity index (χ2v) is 5.34. The molecule has 0 heterocycles. The second kappa shape index (κ2) is 5.49. The topological polar surface area (TPSA) is 20.3 Å². The lowest BCUT2D eigenvalue weighted by atomic mass is 10.0. The van der Waals surface area contributed by atoms with Crippen LogP contribution in [0.2, 0.25) is 0 Å². The SMILES string of the molecule is CC(=O)N(c1c(C)cccc1C)c1c(C)cccc1C. The van der Waals surface area contributed by atoms with E-state index in [0.717, 1.165) is 33.6 Å². The molecule has 104 valence electrons. The lowest BCUT2D eigenvalue weighted by molar-refractivity contribution is -0.115. The maximum atomic E-state index is 12.3. The van der Waals surface area contributed by atoms with E-state index in [9.17, 15) is 4.79 Å². The zero-order valence-electron chi connectivity index (χ0n) is 12.8. The number of carbonyl (C=O) groups is 1. The fourth-order valence-electron chi connectivity index (χ4n) is 2.74. The van der Waals surface area contributed by atoms with E-state index < -0.39 is 0 Å². The fraction of sp³-hybridized carbons (Fsp3) is 0.278. The number of hydrogen-bond donors (Lipinski definition) is 0. The molecular weight excluding hydrogens is 246 g/mol. The minimum atomic E-state index is 0.0415. The highest BCUT2D eigenvalue weighted by atomic mass is 16.2. The number of carbonyl (C=O) groups excluding carboxylic acids is 1. The summed E-state index contributed by atoms with van der Waals surface area (Å²) in [6, 6.07) is 12.2. The van der Waals surface area contributed by atoms with E-state index in [2.05, 4.69) is 0 Å². The van der Waals surface area contributed by atoms with Gasteiger partial charge in [-0.15, -0.1) is 0 Å². The van der Waals surface area contributed by atoms with Crippen LogP contribution in [-0.2, 0) is 4.79 Å². The van der Waals surface area contributed by atoms with Crippen molar-refractivity contribution in [2.24, 2.45) is 0 Å². The Morgan fingerprint density at radius 1 is 0.750 bits per heavy atom. The smallest absolute Gasteiger partial charge is 0.228 e. The Kier molecular flexibility index (Phi) is 3.93. The maximum absolute atomic E-state index is 12.3. The normalized spacial score (nSPS) is 10.4. The highest BCUT2D eigenvalue weighted by Gasteiger charge is 2.21. The van der Waals surface area contributed by atoms with Crippen LogP contribution in [0.15, 0.2) is 36.4 Å². The lowest BCUT2D eigenvalue weighted by Gasteiger charge is -2.28. The summed E-state index contributed by atoms with van der Waals surface area (Å²) in [7, 11) is 0. The summed E-state index contributed by atoms with van der Waals surface area (Å²) in [5.41, 5.74) is 6.45. The molecule has 0 aromatic heterocycles. The van der Waals surface area contributed by atoms with Crippen molar-refractivity contribution in [2.75, 3.05) is 4.90 Å². The molecule has 0 unspecified atom stereocenters. The minimum absolute atomic E-state index is 0.0415. The van der Waals surface area contributed by atoms with Crippen molar-refractivity contribution >= 4 is 17.3 Å². The third-order valence-corrected chi connectivity index (χ3v) is 3.64.